The molecule has 0 aliphatic carbocycles. The van der Waals surface area contributed by atoms with E-state index in [0.717, 1.165) is 0 Å². The van der Waals surface area contributed by atoms with Gasteiger partial charge in [-0.3, -0.25) is 0 Å². The summed E-state index contributed by atoms with van der Waals surface area (Å²) in [6.45, 7) is 13.9. The topological polar surface area (TPSA) is 58.9 Å². The van der Waals surface area contributed by atoms with E-state index < -0.39 is 16.6 Å². The number of hydrogen-bond acceptors (Lipinski definition) is 4. The molecule has 0 saturated carbocycles. The van der Waals surface area contributed by atoms with Crippen molar-refractivity contribution in [2.24, 2.45) is 0 Å². The standard InChI is InChI=1S/C46H50O4Si2/c1-45(2,3)51(37-23-11-7-12-24-37,38-25-13-8-14-26-38)49-33-35-21-19-31-41(43(35)47)42-32-20-22-36(44(42)48)34-50-52(46(4,5)6,39-27-15-9-16-28-39)40-29-17-10-18-30-40/h7-32,47-48H,33-34H2,1-6H3. The number of benzene rings is 6. The molecule has 52 heavy (non-hydrogen) atoms. The first kappa shape index (κ1) is 37.0. The number of phenols is 2. The van der Waals surface area contributed by atoms with Crippen molar-refractivity contribution in [2.75, 3.05) is 0 Å². The van der Waals surface area contributed by atoms with E-state index in [9.17, 15) is 10.2 Å². The molecule has 6 heteroatoms. The van der Waals surface area contributed by atoms with Crippen molar-refractivity contribution in [2.45, 2.75) is 64.8 Å². The Morgan fingerprint density at radius 1 is 0.385 bits per heavy atom. The second kappa shape index (κ2) is 15.1. The molecule has 0 aliphatic heterocycles. The van der Waals surface area contributed by atoms with Gasteiger partial charge < -0.3 is 19.1 Å². The monoisotopic (exact) mass is 722 g/mol. The van der Waals surface area contributed by atoms with Crippen molar-refractivity contribution in [1.29, 1.82) is 0 Å². The van der Waals surface area contributed by atoms with Gasteiger partial charge in [-0.1, -0.05) is 199 Å². The number of aromatic hydroxyl groups is 2. The summed E-state index contributed by atoms with van der Waals surface area (Å²) < 4.78 is 14.3. The van der Waals surface area contributed by atoms with E-state index in [1.807, 2.05) is 60.7 Å². The fourth-order valence-electron chi connectivity index (χ4n) is 7.75. The summed E-state index contributed by atoms with van der Waals surface area (Å²) in [5.41, 5.74) is 2.43. The zero-order chi connectivity index (χ0) is 37.0. The molecule has 0 amide bonds. The molecule has 0 atom stereocenters. The maximum absolute atomic E-state index is 11.9. The van der Waals surface area contributed by atoms with Crippen LogP contribution in [0.1, 0.15) is 52.7 Å². The van der Waals surface area contributed by atoms with Gasteiger partial charge in [0, 0.05) is 22.3 Å². The molecule has 0 saturated heterocycles. The summed E-state index contributed by atoms with van der Waals surface area (Å²) in [5.74, 6) is 0.196. The van der Waals surface area contributed by atoms with E-state index in [4.69, 9.17) is 8.85 Å². The number of para-hydroxylation sites is 2. The summed E-state index contributed by atoms with van der Waals surface area (Å²) in [5, 5.41) is 28.0. The van der Waals surface area contributed by atoms with Gasteiger partial charge in [0.2, 0.25) is 0 Å². The Morgan fingerprint density at radius 2 is 0.654 bits per heavy atom. The Balaban J connectivity index is 1.36. The summed E-state index contributed by atoms with van der Waals surface area (Å²) in [7, 11) is -5.69. The van der Waals surface area contributed by atoms with Crippen LogP contribution in [0.5, 0.6) is 11.5 Å². The summed E-state index contributed by atoms with van der Waals surface area (Å²) in [4.78, 5) is 0. The third kappa shape index (κ3) is 6.92. The van der Waals surface area contributed by atoms with E-state index in [-0.39, 0.29) is 34.8 Å². The third-order valence-corrected chi connectivity index (χ3v) is 20.2. The highest BCUT2D eigenvalue weighted by Gasteiger charge is 2.51. The lowest BCUT2D eigenvalue weighted by molar-refractivity contribution is 0.280. The second-order valence-electron chi connectivity index (χ2n) is 15.5. The van der Waals surface area contributed by atoms with Crippen LogP contribution < -0.4 is 20.7 Å². The van der Waals surface area contributed by atoms with E-state index in [0.29, 0.717) is 22.3 Å². The molecule has 0 bridgehead atoms. The molecule has 0 fully saturated rings. The summed E-state index contributed by atoms with van der Waals surface area (Å²) in [6.07, 6.45) is 0. The van der Waals surface area contributed by atoms with Gasteiger partial charge in [0.1, 0.15) is 11.5 Å². The zero-order valence-electron chi connectivity index (χ0n) is 31.1. The molecule has 4 nitrogen and oxygen atoms in total. The third-order valence-electron chi connectivity index (χ3n) is 10.3. The van der Waals surface area contributed by atoms with Gasteiger partial charge in [0.15, 0.2) is 0 Å². The first-order valence-electron chi connectivity index (χ1n) is 18.0. The zero-order valence-corrected chi connectivity index (χ0v) is 33.1. The summed E-state index contributed by atoms with van der Waals surface area (Å²) >= 11 is 0. The minimum Gasteiger partial charge on any atom is -0.507 e. The van der Waals surface area contributed by atoms with E-state index >= 15 is 0 Å². The largest absolute Gasteiger partial charge is 0.507 e. The Morgan fingerprint density at radius 3 is 0.904 bits per heavy atom. The van der Waals surface area contributed by atoms with Crippen LogP contribution in [0, 0.1) is 0 Å². The smallest absolute Gasteiger partial charge is 0.261 e. The van der Waals surface area contributed by atoms with Gasteiger partial charge >= 0.3 is 0 Å². The summed E-state index contributed by atoms with van der Waals surface area (Å²) in [6, 6.07) is 53.4. The number of phenolic OH excluding ortho intramolecular Hbond substituents is 2. The highest BCUT2D eigenvalue weighted by atomic mass is 28.4. The lowest BCUT2D eigenvalue weighted by Crippen LogP contribution is -2.66. The average Bonchev–Trinajstić information content (AvgIpc) is 3.14. The van der Waals surface area contributed by atoms with Gasteiger partial charge in [-0.15, -0.1) is 0 Å². The second-order valence-corrected chi connectivity index (χ2v) is 24.1. The molecule has 0 spiro atoms. The molecule has 6 aromatic rings. The van der Waals surface area contributed by atoms with Crippen molar-refractivity contribution in [1.82, 2.24) is 0 Å². The highest BCUT2D eigenvalue weighted by molar-refractivity contribution is 7.00. The average molecular weight is 723 g/mol. The molecular weight excluding hydrogens is 673 g/mol. The Hall–Kier alpha value is -4.73. The molecule has 0 aliphatic rings. The highest BCUT2D eigenvalue weighted by Crippen LogP contribution is 2.43. The van der Waals surface area contributed by atoms with Crippen LogP contribution in [-0.2, 0) is 22.1 Å². The molecule has 0 aromatic heterocycles. The van der Waals surface area contributed by atoms with E-state index in [1.165, 1.54) is 20.7 Å². The van der Waals surface area contributed by atoms with Gasteiger partial charge in [0.05, 0.1) is 13.2 Å². The Labute approximate surface area is 311 Å². The predicted octanol–water partition coefficient (Wildman–Crippen LogP) is 8.92. The van der Waals surface area contributed by atoms with Gasteiger partial charge in [-0.05, 0) is 30.8 Å². The van der Waals surface area contributed by atoms with Crippen molar-refractivity contribution < 1.29 is 19.1 Å². The lowest BCUT2D eigenvalue weighted by atomic mass is 9.98. The number of hydrogen-bond donors (Lipinski definition) is 2. The van der Waals surface area contributed by atoms with Gasteiger partial charge in [-0.25, -0.2) is 0 Å². The molecule has 6 aromatic carbocycles. The first-order valence-corrected chi connectivity index (χ1v) is 21.8. The van der Waals surface area contributed by atoms with Gasteiger partial charge in [-0.2, -0.15) is 0 Å². The molecule has 0 heterocycles. The fraction of sp³-hybridized carbons (Fsp3) is 0.217. The molecule has 0 unspecified atom stereocenters. The van der Waals surface area contributed by atoms with Crippen molar-refractivity contribution in [3.63, 3.8) is 0 Å². The van der Waals surface area contributed by atoms with Gasteiger partial charge in [0.25, 0.3) is 16.6 Å². The molecular formula is C46H50O4Si2. The molecule has 6 rings (SSSR count). The van der Waals surface area contributed by atoms with E-state index in [2.05, 4.69) is 139 Å². The van der Waals surface area contributed by atoms with Crippen LogP contribution in [0.15, 0.2) is 158 Å². The molecule has 266 valence electrons. The molecule has 0 radical (unpaired) electrons. The van der Waals surface area contributed by atoms with Crippen LogP contribution >= 0.6 is 0 Å². The first-order chi connectivity index (χ1) is 24.9. The fourth-order valence-corrected chi connectivity index (χ4v) is 16.8. The van der Waals surface area contributed by atoms with Crippen molar-refractivity contribution in [3.05, 3.63) is 169 Å². The minimum atomic E-state index is -2.85. The van der Waals surface area contributed by atoms with Crippen LogP contribution in [0.2, 0.25) is 10.1 Å². The Kier molecular flexibility index (Phi) is 10.8. The van der Waals surface area contributed by atoms with Crippen LogP contribution in [0.25, 0.3) is 11.1 Å². The lowest BCUT2D eigenvalue weighted by Gasteiger charge is -2.43. The SMILES string of the molecule is CC(C)(C)[Si](OCc1cccc(-c2cccc(CO[Si](c3ccccc3)(c3ccccc3)C(C)(C)C)c2O)c1O)(c1ccccc1)c1ccccc1. The minimum absolute atomic E-state index is 0.0979. The Bertz CT molecular complexity index is 1840. The predicted molar refractivity (Wildman–Crippen MR) is 220 cm³/mol. The van der Waals surface area contributed by atoms with Crippen molar-refractivity contribution in [3.8, 4) is 22.6 Å². The van der Waals surface area contributed by atoms with Crippen molar-refractivity contribution >= 4 is 37.4 Å². The van der Waals surface area contributed by atoms with Crippen LogP contribution in [0.3, 0.4) is 0 Å². The quantitative estimate of drug-likeness (QED) is 0.131. The number of rotatable bonds is 11. The maximum atomic E-state index is 11.9. The van der Waals surface area contributed by atoms with E-state index in [1.54, 1.807) is 0 Å². The van der Waals surface area contributed by atoms with Crippen LogP contribution in [0.4, 0.5) is 0 Å². The normalized spacial score (nSPS) is 12.5. The molecule has 2 N–H and O–H groups in total. The maximum Gasteiger partial charge on any atom is 0.261 e. The van der Waals surface area contributed by atoms with Crippen LogP contribution in [-0.4, -0.2) is 26.8 Å².